The molecular formula is C21H21FN4O3. The van der Waals surface area contributed by atoms with Crippen LogP contribution in [0.25, 0.3) is 0 Å². The number of benzene rings is 1. The van der Waals surface area contributed by atoms with Gasteiger partial charge in [-0.2, -0.15) is 0 Å². The summed E-state index contributed by atoms with van der Waals surface area (Å²) in [6, 6.07) is 5.79. The van der Waals surface area contributed by atoms with E-state index in [1.54, 1.807) is 44.6 Å². The van der Waals surface area contributed by atoms with Gasteiger partial charge in [0.15, 0.2) is 0 Å². The van der Waals surface area contributed by atoms with Gasteiger partial charge in [0, 0.05) is 18.5 Å². The van der Waals surface area contributed by atoms with Gasteiger partial charge in [-0.05, 0) is 44.5 Å². The van der Waals surface area contributed by atoms with Crippen molar-refractivity contribution in [2.75, 3.05) is 11.9 Å². The summed E-state index contributed by atoms with van der Waals surface area (Å²) >= 11 is 0. The molecule has 0 radical (unpaired) electrons. The van der Waals surface area contributed by atoms with Crippen LogP contribution in [0.15, 0.2) is 47.7 Å². The van der Waals surface area contributed by atoms with Gasteiger partial charge in [-0.15, -0.1) is 0 Å². The first-order valence-electron chi connectivity index (χ1n) is 9.10. The Morgan fingerprint density at radius 3 is 2.66 bits per heavy atom. The summed E-state index contributed by atoms with van der Waals surface area (Å²) in [7, 11) is 0. The molecule has 0 aliphatic carbocycles. The predicted molar refractivity (Wildman–Crippen MR) is 107 cm³/mol. The molecule has 2 aromatic heterocycles. The van der Waals surface area contributed by atoms with E-state index in [0.717, 1.165) is 5.69 Å². The lowest BCUT2D eigenvalue weighted by atomic mass is 10.1. The molecule has 0 bridgehead atoms. The molecule has 3 rings (SSSR count). The average Bonchev–Trinajstić information content (AvgIpc) is 2.68. The van der Waals surface area contributed by atoms with Crippen molar-refractivity contribution in [3.8, 4) is 5.75 Å². The van der Waals surface area contributed by atoms with Crippen LogP contribution in [0.5, 0.6) is 5.75 Å². The van der Waals surface area contributed by atoms with Crippen molar-refractivity contribution in [2.45, 2.75) is 27.3 Å². The quantitative estimate of drug-likeness (QED) is 0.692. The third-order valence-electron chi connectivity index (χ3n) is 4.27. The van der Waals surface area contributed by atoms with E-state index in [9.17, 15) is 14.0 Å². The first-order chi connectivity index (χ1) is 13.9. The number of nitrogens with zero attached hydrogens (tertiary/aromatic N) is 3. The van der Waals surface area contributed by atoms with Crippen molar-refractivity contribution in [3.05, 3.63) is 81.5 Å². The summed E-state index contributed by atoms with van der Waals surface area (Å²) in [5.74, 6) is -0.964. The Morgan fingerprint density at radius 2 is 2.00 bits per heavy atom. The van der Waals surface area contributed by atoms with Crippen LogP contribution in [0.3, 0.4) is 0 Å². The molecule has 8 heteroatoms. The van der Waals surface area contributed by atoms with Crippen LogP contribution < -0.4 is 15.6 Å². The molecule has 0 fully saturated rings. The van der Waals surface area contributed by atoms with Gasteiger partial charge in [-0.3, -0.25) is 19.6 Å². The summed E-state index contributed by atoms with van der Waals surface area (Å²) in [5.41, 5.74) is 1.27. The van der Waals surface area contributed by atoms with Gasteiger partial charge in [0.05, 0.1) is 36.4 Å². The molecule has 0 unspecified atom stereocenters. The van der Waals surface area contributed by atoms with Crippen LogP contribution in [-0.4, -0.2) is 27.0 Å². The van der Waals surface area contributed by atoms with Crippen LogP contribution in [0.4, 0.5) is 10.1 Å². The van der Waals surface area contributed by atoms with E-state index in [4.69, 9.17) is 4.74 Å². The maximum absolute atomic E-state index is 14.3. The van der Waals surface area contributed by atoms with Crippen molar-refractivity contribution in [1.82, 2.24) is 14.5 Å². The lowest BCUT2D eigenvalue weighted by Crippen LogP contribution is -2.30. The lowest BCUT2D eigenvalue weighted by molar-refractivity contribution is 0.102. The van der Waals surface area contributed by atoms with Crippen LogP contribution in [0.1, 0.15) is 34.2 Å². The molecule has 2 heterocycles. The Bertz CT molecular complexity index is 1090. The highest BCUT2D eigenvalue weighted by Crippen LogP contribution is 2.21. The Hall–Kier alpha value is -3.55. The lowest BCUT2D eigenvalue weighted by Gasteiger charge is -2.12. The van der Waals surface area contributed by atoms with E-state index in [1.165, 1.54) is 16.7 Å². The Morgan fingerprint density at radius 1 is 1.21 bits per heavy atom. The molecule has 1 aromatic carbocycles. The van der Waals surface area contributed by atoms with E-state index in [1.807, 2.05) is 6.92 Å². The molecular weight excluding hydrogens is 375 g/mol. The SMILES string of the molecule is CCOc1ccc(NC(=O)c2c(C)ccn(Cc3cnc(C)cn3)c2=O)c(F)c1. The zero-order valence-electron chi connectivity index (χ0n) is 16.4. The monoisotopic (exact) mass is 396 g/mol. The molecule has 3 aromatic rings. The molecule has 0 spiro atoms. The fourth-order valence-corrected chi connectivity index (χ4v) is 2.78. The molecule has 29 heavy (non-hydrogen) atoms. The number of pyridine rings is 1. The third kappa shape index (κ3) is 4.66. The predicted octanol–water partition coefficient (Wildman–Crippen LogP) is 3.09. The summed E-state index contributed by atoms with van der Waals surface area (Å²) in [6.45, 7) is 5.83. The largest absolute Gasteiger partial charge is 0.494 e. The number of hydrogen-bond acceptors (Lipinski definition) is 5. The number of halogens is 1. The zero-order chi connectivity index (χ0) is 21.0. The summed E-state index contributed by atoms with van der Waals surface area (Å²) in [6.07, 6.45) is 4.78. The Labute approximate surface area is 167 Å². The van der Waals surface area contributed by atoms with Crippen molar-refractivity contribution < 1.29 is 13.9 Å². The zero-order valence-corrected chi connectivity index (χ0v) is 16.4. The summed E-state index contributed by atoms with van der Waals surface area (Å²) < 4.78 is 20.9. The number of aryl methyl sites for hydroxylation is 2. The number of nitrogens with one attached hydrogen (secondary N) is 1. The first kappa shape index (κ1) is 20.2. The minimum Gasteiger partial charge on any atom is -0.494 e. The van der Waals surface area contributed by atoms with E-state index < -0.39 is 17.3 Å². The number of amides is 1. The molecule has 7 nitrogen and oxygen atoms in total. The van der Waals surface area contributed by atoms with E-state index in [-0.39, 0.29) is 17.8 Å². The van der Waals surface area contributed by atoms with Gasteiger partial charge in [0.2, 0.25) is 0 Å². The average molecular weight is 396 g/mol. The minimum absolute atomic E-state index is 0.0305. The molecule has 0 saturated heterocycles. The number of carbonyl (C=O) groups is 1. The van der Waals surface area contributed by atoms with Crippen molar-refractivity contribution >= 4 is 11.6 Å². The van der Waals surface area contributed by atoms with Crippen molar-refractivity contribution in [2.24, 2.45) is 0 Å². The third-order valence-corrected chi connectivity index (χ3v) is 4.27. The van der Waals surface area contributed by atoms with Crippen molar-refractivity contribution in [1.29, 1.82) is 0 Å². The number of carbonyl (C=O) groups excluding carboxylic acids is 1. The van der Waals surface area contributed by atoms with Gasteiger partial charge in [-0.1, -0.05) is 0 Å². The second-order valence-electron chi connectivity index (χ2n) is 6.48. The normalized spacial score (nSPS) is 10.6. The van der Waals surface area contributed by atoms with E-state index in [2.05, 4.69) is 15.3 Å². The fourth-order valence-electron chi connectivity index (χ4n) is 2.78. The second kappa shape index (κ2) is 8.64. The Balaban J connectivity index is 1.87. The standard InChI is InChI=1S/C21H21FN4O3/c1-4-29-16-5-6-18(17(22)9-16)25-20(27)19-13(2)7-8-26(21(19)28)12-15-11-23-14(3)10-24-15/h5-11H,4,12H2,1-3H3,(H,25,27). The maximum atomic E-state index is 14.3. The molecule has 0 saturated carbocycles. The maximum Gasteiger partial charge on any atom is 0.264 e. The highest BCUT2D eigenvalue weighted by molar-refractivity contribution is 6.05. The number of aromatic nitrogens is 3. The minimum atomic E-state index is -0.681. The molecule has 150 valence electrons. The van der Waals surface area contributed by atoms with Crippen molar-refractivity contribution in [3.63, 3.8) is 0 Å². The fraction of sp³-hybridized carbons (Fsp3) is 0.238. The van der Waals surface area contributed by atoms with Crippen LogP contribution >= 0.6 is 0 Å². The summed E-state index contributed by atoms with van der Waals surface area (Å²) in [5, 5.41) is 2.47. The molecule has 1 amide bonds. The second-order valence-corrected chi connectivity index (χ2v) is 6.48. The topological polar surface area (TPSA) is 86.1 Å². The smallest absolute Gasteiger partial charge is 0.264 e. The molecule has 0 aliphatic rings. The molecule has 0 atom stereocenters. The Kier molecular flexibility index (Phi) is 6.01. The van der Waals surface area contributed by atoms with Crippen LogP contribution in [-0.2, 0) is 6.54 Å². The molecule has 1 N–H and O–H groups in total. The number of rotatable bonds is 6. The van der Waals surface area contributed by atoms with Gasteiger partial charge in [0.1, 0.15) is 17.1 Å². The number of hydrogen-bond donors (Lipinski definition) is 1. The van der Waals surface area contributed by atoms with E-state index in [0.29, 0.717) is 23.6 Å². The van der Waals surface area contributed by atoms with Gasteiger partial charge in [0.25, 0.3) is 11.5 Å². The van der Waals surface area contributed by atoms with Gasteiger partial charge < -0.3 is 14.6 Å². The number of anilines is 1. The first-order valence-corrected chi connectivity index (χ1v) is 9.10. The van der Waals surface area contributed by atoms with E-state index >= 15 is 0 Å². The summed E-state index contributed by atoms with van der Waals surface area (Å²) in [4.78, 5) is 34.0. The number of ether oxygens (including phenoxy) is 1. The highest BCUT2D eigenvalue weighted by Gasteiger charge is 2.18. The molecule has 0 aliphatic heterocycles. The van der Waals surface area contributed by atoms with Crippen LogP contribution in [0, 0.1) is 19.7 Å². The van der Waals surface area contributed by atoms with Crippen LogP contribution in [0.2, 0.25) is 0 Å². The highest BCUT2D eigenvalue weighted by atomic mass is 19.1. The van der Waals surface area contributed by atoms with Gasteiger partial charge in [-0.25, -0.2) is 4.39 Å². The van der Waals surface area contributed by atoms with Gasteiger partial charge >= 0.3 is 0 Å².